The molecule has 3 N–H and O–H groups in total. The van der Waals surface area contributed by atoms with Crippen LogP contribution in [0.4, 0.5) is 0 Å². The Morgan fingerprint density at radius 3 is 2.10 bits per heavy atom. The molecule has 1 unspecified atom stereocenters. The number of hydrogen-bond acceptors (Lipinski definition) is 2. The lowest BCUT2D eigenvalue weighted by atomic mass is 9.78. The van der Waals surface area contributed by atoms with Crippen LogP contribution in [0.5, 0.6) is 0 Å². The summed E-state index contributed by atoms with van der Waals surface area (Å²) in [5.41, 5.74) is 5.16. The third kappa shape index (κ3) is 6.25. The van der Waals surface area contributed by atoms with E-state index in [1.807, 2.05) is 0 Å². The number of rotatable bonds is 13. The van der Waals surface area contributed by atoms with Gasteiger partial charge < -0.3 is 10.8 Å². The Labute approximate surface area is 124 Å². The molecule has 0 radical (unpaired) electrons. The largest absolute Gasteiger partial charge is 0.481 e. The van der Waals surface area contributed by atoms with E-state index in [1.54, 1.807) is 0 Å². The normalized spacial score (nSPS) is 17.9. The number of carbonyl (C=O) groups is 1. The predicted octanol–water partition coefficient (Wildman–Crippen LogP) is 4.35. The molecule has 3 nitrogen and oxygen atoms in total. The van der Waals surface area contributed by atoms with Crippen LogP contribution in [0.1, 0.15) is 84.0 Å². The Morgan fingerprint density at radius 1 is 1.10 bits per heavy atom. The van der Waals surface area contributed by atoms with E-state index in [0.29, 0.717) is 12.5 Å². The van der Waals surface area contributed by atoms with Crippen molar-refractivity contribution in [1.29, 1.82) is 0 Å². The number of unbranched alkanes of at least 4 members (excludes halogenated alkanes) is 7. The predicted molar refractivity (Wildman–Crippen MR) is 83.7 cm³/mol. The Kier molecular flexibility index (Phi) is 8.20. The summed E-state index contributed by atoms with van der Waals surface area (Å²) in [6.45, 7) is 2.54. The van der Waals surface area contributed by atoms with E-state index in [9.17, 15) is 9.90 Å². The van der Waals surface area contributed by atoms with Crippen molar-refractivity contribution in [3.05, 3.63) is 0 Å². The summed E-state index contributed by atoms with van der Waals surface area (Å²) < 4.78 is 0. The Hall–Kier alpha value is -0.570. The minimum Gasteiger partial charge on any atom is -0.481 e. The van der Waals surface area contributed by atoms with Crippen molar-refractivity contribution in [2.75, 3.05) is 6.54 Å². The van der Waals surface area contributed by atoms with Crippen molar-refractivity contribution in [3.63, 3.8) is 0 Å². The van der Waals surface area contributed by atoms with Gasteiger partial charge in [-0.1, -0.05) is 71.1 Å². The maximum atomic E-state index is 11.6. The third-order valence-electron chi connectivity index (χ3n) is 4.73. The van der Waals surface area contributed by atoms with Crippen LogP contribution in [0.15, 0.2) is 0 Å². The monoisotopic (exact) mass is 283 g/mol. The Balaban J connectivity index is 2.16. The molecule has 0 aliphatic heterocycles. The molecule has 118 valence electrons. The molecular weight excluding hydrogens is 250 g/mol. The average molecular weight is 283 g/mol. The van der Waals surface area contributed by atoms with E-state index in [2.05, 4.69) is 6.92 Å². The molecular formula is C17H33NO2. The van der Waals surface area contributed by atoms with E-state index in [1.165, 1.54) is 51.4 Å². The van der Waals surface area contributed by atoms with E-state index < -0.39 is 11.4 Å². The van der Waals surface area contributed by atoms with Crippen molar-refractivity contribution < 1.29 is 9.90 Å². The van der Waals surface area contributed by atoms with Gasteiger partial charge in [0.25, 0.3) is 0 Å². The SMILES string of the molecule is CCCCCCCCCCC(CN)(CC1CC1)C(=O)O. The summed E-state index contributed by atoms with van der Waals surface area (Å²) in [6.07, 6.45) is 14.0. The summed E-state index contributed by atoms with van der Waals surface area (Å²) in [5, 5.41) is 9.52. The van der Waals surface area contributed by atoms with Gasteiger partial charge in [-0.15, -0.1) is 0 Å². The molecule has 0 bridgehead atoms. The van der Waals surface area contributed by atoms with Gasteiger partial charge in [0.05, 0.1) is 5.41 Å². The molecule has 0 amide bonds. The second-order valence-electron chi connectivity index (χ2n) is 6.66. The van der Waals surface area contributed by atoms with Crippen molar-refractivity contribution in [2.24, 2.45) is 17.1 Å². The molecule has 0 aromatic carbocycles. The number of nitrogens with two attached hydrogens (primary N) is 1. The van der Waals surface area contributed by atoms with Gasteiger partial charge in [0.15, 0.2) is 0 Å². The van der Waals surface area contributed by atoms with Crippen molar-refractivity contribution >= 4 is 5.97 Å². The molecule has 1 fully saturated rings. The lowest BCUT2D eigenvalue weighted by Gasteiger charge is -2.28. The average Bonchev–Trinajstić information content (AvgIpc) is 3.24. The molecule has 1 rings (SSSR count). The van der Waals surface area contributed by atoms with Crippen LogP contribution < -0.4 is 5.73 Å². The lowest BCUT2D eigenvalue weighted by molar-refractivity contribution is -0.149. The maximum absolute atomic E-state index is 11.6. The third-order valence-corrected chi connectivity index (χ3v) is 4.73. The van der Waals surface area contributed by atoms with Gasteiger partial charge in [0, 0.05) is 6.54 Å². The number of aliphatic carboxylic acids is 1. The molecule has 0 aromatic heterocycles. The van der Waals surface area contributed by atoms with E-state index in [-0.39, 0.29) is 0 Å². The Morgan fingerprint density at radius 2 is 1.65 bits per heavy atom. The van der Waals surface area contributed by atoms with E-state index in [0.717, 1.165) is 25.7 Å². The fourth-order valence-corrected chi connectivity index (χ4v) is 3.04. The van der Waals surface area contributed by atoms with Crippen LogP contribution in [0.25, 0.3) is 0 Å². The van der Waals surface area contributed by atoms with E-state index >= 15 is 0 Å². The number of carboxylic acids is 1. The second kappa shape index (κ2) is 9.38. The Bertz CT molecular complexity index is 276. The first-order chi connectivity index (χ1) is 9.64. The van der Waals surface area contributed by atoms with Gasteiger partial charge in [0.2, 0.25) is 0 Å². The highest BCUT2D eigenvalue weighted by molar-refractivity contribution is 5.75. The highest BCUT2D eigenvalue weighted by atomic mass is 16.4. The van der Waals surface area contributed by atoms with Crippen LogP contribution >= 0.6 is 0 Å². The summed E-state index contributed by atoms with van der Waals surface area (Å²) >= 11 is 0. The molecule has 0 aromatic rings. The first-order valence-electron chi connectivity index (χ1n) is 8.58. The van der Waals surface area contributed by atoms with E-state index in [4.69, 9.17) is 5.73 Å². The molecule has 1 aliphatic rings. The summed E-state index contributed by atoms with van der Waals surface area (Å²) in [5.74, 6) is -0.0430. The molecule has 1 atom stereocenters. The highest BCUT2D eigenvalue weighted by Gasteiger charge is 2.41. The van der Waals surface area contributed by atoms with Crippen molar-refractivity contribution in [1.82, 2.24) is 0 Å². The molecule has 0 spiro atoms. The van der Waals surface area contributed by atoms with Crippen molar-refractivity contribution in [3.8, 4) is 0 Å². The standard InChI is InChI=1S/C17H33NO2/c1-2-3-4-5-6-7-8-9-12-17(14-18,16(19)20)13-15-10-11-15/h15H,2-14,18H2,1H3,(H,19,20). The van der Waals surface area contributed by atoms with Crippen LogP contribution in [0, 0.1) is 11.3 Å². The van der Waals surface area contributed by atoms with Gasteiger partial charge in [-0.05, 0) is 18.8 Å². The molecule has 1 saturated carbocycles. The van der Waals surface area contributed by atoms with Gasteiger partial charge in [-0.3, -0.25) is 4.79 Å². The van der Waals surface area contributed by atoms with Crippen LogP contribution in [-0.4, -0.2) is 17.6 Å². The van der Waals surface area contributed by atoms with Gasteiger partial charge in [-0.25, -0.2) is 0 Å². The van der Waals surface area contributed by atoms with Crippen molar-refractivity contribution in [2.45, 2.75) is 84.0 Å². The highest BCUT2D eigenvalue weighted by Crippen LogP contribution is 2.42. The van der Waals surface area contributed by atoms with Crippen LogP contribution in [0.3, 0.4) is 0 Å². The van der Waals surface area contributed by atoms with Crippen LogP contribution in [-0.2, 0) is 4.79 Å². The second-order valence-corrected chi connectivity index (χ2v) is 6.66. The molecule has 3 heteroatoms. The molecule has 0 saturated heterocycles. The fraction of sp³-hybridized carbons (Fsp3) is 0.941. The quantitative estimate of drug-likeness (QED) is 0.494. The maximum Gasteiger partial charge on any atom is 0.310 e. The van der Waals surface area contributed by atoms with Gasteiger partial charge in [0.1, 0.15) is 0 Å². The lowest BCUT2D eigenvalue weighted by Crippen LogP contribution is -2.39. The molecule has 0 heterocycles. The number of carboxylic acid groups (broad SMARTS) is 1. The minimum absolute atomic E-state index is 0.301. The summed E-state index contributed by atoms with van der Waals surface area (Å²) in [6, 6.07) is 0. The first kappa shape index (κ1) is 17.5. The zero-order valence-corrected chi connectivity index (χ0v) is 13.2. The zero-order chi connectivity index (χ0) is 14.8. The summed E-state index contributed by atoms with van der Waals surface area (Å²) in [7, 11) is 0. The van der Waals surface area contributed by atoms with Gasteiger partial charge in [-0.2, -0.15) is 0 Å². The smallest absolute Gasteiger partial charge is 0.310 e. The molecule has 20 heavy (non-hydrogen) atoms. The number of hydrogen-bond donors (Lipinski definition) is 2. The minimum atomic E-state index is -0.671. The summed E-state index contributed by atoms with van der Waals surface area (Å²) in [4.78, 5) is 11.6. The fourth-order valence-electron chi connectivity index (χ4n) is 3.04. The first-order valence-corrected chi connectivity index (χ1v) is 8.58. The van der Waals surface area contributed by atoms with Crippen LogP contribution in [0.2, 0.25) is 0 Å². The molecule has 1 aliphatic carbocycles. The zero-order valence-electron chi connectivity index (χ0n) is 13.2. The van der Waals surface area contributed by atoms with Gasteiger partial charge >= 0.3 is 5.97 Å². The topological polar surface area (TPSA) is 63.3 Å².